The number of aliphatic hydroxyl groups excluding tert-OH is 2. The smallest absolute Gasteiger partial charge is 0.0948 e. The van der Waals surface area contributed by atoms with Crippen molar-refractivity contribution in [3.05, 3.63) is 34.9 Å². The normalized spacial score (nSPS) is 16.4. The van der Waals surface area contributed by atoms with Gasteiger partial charge in [-0.2, -0.15) is 0 Å². The molecule has 3 atom stereocenters. The Balaban J connectivity index is 2.89. The second-order valence-corrected chi connectivity index (χ2v) is 5.83. The number of hydrogen-bond donors (Lipinski definition) is 3. The second-order valence-electron chi connectivity index (χ2n) is 5.83. The summed E-state index contributed by atoms with van der Waals surface area (Å²) >= 11 is 0. The monoisotopic (exact) mass is 265 g/mol. The molecule has 0 aliphatic carbocycles. The van der Waals surface area contributed by atoms with Crippen LogP contribution in [0.15, 0.2) is 18.2 Å². The van der Waals surface area contributed by atoms with Gasteiger partial charge in [0.1, 0.15) is 0 Å². The lowest BCUT2D eigenvalue weighted by Gasteiger charge is -2.29. The van der Waals surface area contributed by atoms with Gasteiger partial charge in [0.25, 0.3) is 0 Å². The van der Waals surface area contributed by atoms with Gasteiger partial charge in [0, 0.05) is 12.6 Å². The molecule has 3 nitrogen and oxygen atoms in total. The van der Waals surface area contributed by atoms with Crippen LogP contribution in [0.3, 0.4) is 0 Å². The van der Waals surface area contributed by atoms with Crippen molar-refractivity contribution < 1.29 is 10.2 Å². The summed E-state index contributed by atoms with van der Waals surface area (Å²) in [4.78, 5) is 0. The van der Waals surface area contributed by atoms with Crippen LogP contribution in [-0.4, -0.2) is 28.9 Å². The molecule has 0 aromatic heterocycles. The highest BCUT2D eigenvalue weighted by Gasteiger charge is 2.25. The Morgan fingerprint density at radius 1 is 1.11 bits per heavy atom. The number of benzene rings is 1. The zero-order valence-corrected chi connectivity index (χ0v) is 12.6. The van der Waals surface area contributed by atoms with Gasteiger partial charge in [-0.1, -0.05) is 37.6 Å². The van der Waals surface area contributed by atoms with E-state index in [2.05, 4.69) is 32.2 Å². The highest BCUT2D eigenvalue weighted by atomic mass is 16.3. The number of aryl methyl sites for hydroxylation is 2. The zero-order chi connectivity index (χ0) is 14.6. The van der Waals surface area contributed by atoms with Crippen LogP contribution in [0.4, 0.5) is 0 Å². The first-order valence-corrected chi connectivity index (χ1v) is 6.99. The fourth-order valence-electron chi connectivity index (χ4n) is 2.37. The molecule has 0 fully saturated rings. The summed E-state index contributed by atoms with van der Waals surface area (Å²) in [5.41, 5.74) is 3.27. The quantitative estimate of drug-likeness (QED) is 0.740. The van der Waals surface area contributed by atoms with Crippen molar-refractivity contribution in [1.29, 1.82) is 0 Å². The van der Waals surface area contributed by atoms with E-state index in [4.69, 9.17) is 0 Å². The maximum atomic E-state index is 10.6. The summed E-state index contributed by atoms with van der Waals surface area (Å²) in [6.45, 7) is 10.5. The Labute approximate surface area is 116 Å². The maximum absolute atomic E-state index is 10.6. The molecule has 0 radical (unpaired) electrons. The van der Waals surface area contributed by atoms with E-state index in [-0.39, 0.29) is 12.0 Å². The third kappa shape index (κ3) is 4.60. The molecule has 0 aliphatic rings. The first-order valence-electron chi connectivity index (χ1n) is 6.99. The molecule has 108 valence electrons. The molecule has 1 aromatic rings. The minimum Gasteiger partial charge on any atom is -0.392 e. The van der Waals surface area contributed by atoms with Crippen molar-refractivity contribution in [3.8, 4) is 0 Å². The number of aliphatic hydroxyl groups is 2. The van der Waals surface area contributed by atoms with Gasteiger partial charge in [0.2, 0.25) is 0 Å². The lowest BCUT2D eigenvalue weighted by Crippen LogP contribution is -2.42. The Kier molecular flexibility index (Phi) is 5.98. The van der Waals surface area contributed by atoms with Crippen molar-refractivity contribution in [2.24, 2.45) is 5.92 Å². The third-order valence-electron chi connectivity index (χ3n) is 3.45. The zero-order valence-electron chi connectivity index (χ0n) is 12.6. The molecule has 0 saturated carbocycles. The molecule has 3 unspecified atom stereocenters. The van der Waals surface area contributed by atoms with Gasteiger partial charge in [0.15, 0.2) is 0 Å². The Hall–Kier alpha value is -0.900. The molecule has 3 heteroatoms. The molecular formula is C16H27NO2. The van der Waals surface area contributed by atoms with Crippen LogP contribution in [-0.2, 0) is 0 Å². The molecule has 19 heavy (non-hydrogen) atoms. The van der Waals surface area contributed by atoms with Crippen LogP contribution in [0.25, 0.3) is 0 Å². The average Bonchev–Trinajstić information content (AvgIpc) is 2.27. The Bertz CT molecular complexity index is 402. The summed E-state index contributed by atoms with van der Waals surface area (Å²) in [7, 11) is 0. The lowest BCUT2D eigenvalue weighted by molar-refractivity contribution is 0.0926. The SMILES string of the molecule is Cc1ccc(C(O)C(NCC(C)O)C(C)C)c(C)c1. The van der Waals surface area contributed by atoms with Gasteiger partial charge in [-0.15, -0.1) is 0 Å². The number of hydrogen-bond acceptors (Lipinski definition) is 3. The van der Waals surface area contributed by atoms with Crippen molar-refractivity contribution in [3.63, 3.8) is 0 Å². The van der Waals surface area contributed by atoms with Crippen LogP contribution in [0.5, 0.6) is 0 Å². The largest absolute Gasteiger partial charge is 0.392 e. The van der Waals surface area contributed by atoms with E-state index in [1.807, 2.05) is 19.1 Å². The van der Waals surface area contributed by atoms with Crippen LogP contribution in [0.2, 0.25) is 0 Å². The van der Waals surface area contributed by atoms with E-state index in [1.54, 1.807) is 6.92 Å². The predicted molar refractivity (Wildman–Crippen MR) is 79.2 cm³/mol. The minimum absolute atomic E-state index is 0.0593. The van der Waals surface area contributed by atoms with Gasteiger partial charge in [-0.05, 0) is 37.8 Å². The fourth-order valence-corrected chi connectivity index (χ4v) is 2.37. The topological polar surface area (TPSA) is 52.5 Å². The molecule has 0 heterocycles. The van der Waals surface area contributed by atoms with Crippen LogP contribution >= 0.6 is 0 Å². The second kappa shape index (κ2) is 7.04. The summed E-state index contributed by atoms with van der Waals surface area (Å²) in [5, 5.41) is 23.2. The molecular weight excluding hydrogens is 238 g/mol. The maximum Gasteiger partial charge on any atom is 0.0948 e. The van der Waals surface area contributed by atoms with E-state index in [0.717, 1.165) is 11.1 Å². The summed E-state index contributed by atoms with van der Waals surface area (Å²) in [5.74, 6) is 0.287. The highest BCUT2D eigenvalue weighted by molar-refractivity contribution is 5.32. The molecule has 1 rings (SSSR count). The van der Waals surface area contributed by atoms with Gasteiger partial charge >= 0.3 is 0 Å². The highest BCUT2D eigenvalue weighted by Crippen LogP contribution is 2.25. The van der Waals surface area contributed by atoms with E-state index < -0.39 is 12.2 Å². The molecule has 3 N–H and O–H groups in total. The Morgan fingerprint density at radius 3 is 2.21 bits per heavy atom. The van der Waals surface area contributed by atoms with Crippen molar-refractivity contribution in [2.45, 2.75) is 52.9 Å². The molecule has 0 saturated heterocycles. The van der Waals surface area contributed by atoms with Crippen molar-refractivity contribution in [2.75, 3.05) is 6.54 Å². The van der Waals surface area contributed by atoms with Gasteiger partial charge in [-0.3, -0.25) is 0 Å². The van der Waals surface area contributed by atoms with Crippen molar-refractivity contribution in [1.82, 2.24) is 5.32 Å². The summed E-state index contributed by atoms with van der Waals surface area (Å²) in [6, 6.07) is 6.05. The fraction of sp³-hybridized carbons (Fsp3) is 0.625. The van der Waals surface area contributed by atoms with Crippen molar-refractivity contribution >= 4 is 0 Å². The number of rotatable bonds is 6. The predicted octanol–water partition coefficient (Wildman–Crippen LogP) is 2.33. The molecule has 0 amide bonds. The first kappa shape index (κ1) is 16.2. The number of nitrogens with one attached hydrogen (secondary N) is 1. The first-order chi connectivity index (χ1) is 8.82. The lowest BCUT2D eigenvalue weighted by atomic mass is 9.90. The average molecular weight is 265 g/mol. The van der Waals surface area contributed by atoms with Crippen LogP contribution in [0, 0.1) is 19.8 Å². The van der Waals surface area contributed by atoms with E-state index in [9.17, 15) is 10.2 Å². The van der Waals surface area contributed by atoms with Gasteiger partial charge < -0.3 is 15.5 Å². The molecule has 0 aliphatic heterocycles. The minimum atomic E-state index is -0.556. The van der Waals surface area contributed by atoms with Gasteiger partial charge in [-0.25, -0.2) is 0 Å². The van der Waals surface area contributed by atoms with E-state index >= 15 is 0 Å². The van der Waals surface area contributed by atoms with Gasteiger partial charge in [0.05, 0.1) is 12.2 Å². The standard InChI is InChI=1S/C16H27NO2/c1-10(2)15(17-9-13(5)18)16(19)14-7-6-11(3)8-12(14)4/h6-8,10,13,15-19H,9H2,1-5H3. The summed E-state index contributed by atoms with van der Waals surface area (Å²) in [6.07, 6.45) is -0.966. The molecule has 1 aromatic carbocycles. The molecule has 0 spiro atoms. The third-order valence-corrected chi connectivity index (χ3v) is 3.45. The van der Waals surface area contributed by atoms with Crippen LogP contribution in [0.1, 0.15) is 43.6 Å². The van der Waals surface area contributed by atoms with E-state index in [0.29, 0.717) is 6.54 Å². The van der Waals surface area contributed by atoms with Crippen LogP contribution < -0.4 is 5.32 Å². The Morgan fingerprint density at radius 2 is 1.74 bits per heavy atom. The van der Waals surface area contributed by atoms with E-state index in [1.165, 1.54) is 5.56 Å². The summed E-state index contributed by atoms with van der Waals surface area (Å²) < 4.78 is 0. The molecule has 0 bridgehead atoms.